The van der Waals surface area contributed by atoms with Crippen LogP contribution < -0.4 is 80.6 Å². The van der Waals surface area contributed by atoms with Crippen LogP contribution in [0.1, 0.15) is 141 Å². The van der Waals surface area contributed by atoms with E-state index in [4.69, 9.17) is 16.2 Å². The van der Waals surface area contributed by atoms with Crippen molar-refractivity contribution < 1.29 is 126 Å². The average Bonchev–Trinajstić information content (AvgIpc) is 1.65. The van der Waals surface area contributed by atoms with Crippen LogP contribution in [0.15, 0.2) is 60.9 Å². The number of para-hydroxylation sites is 2. The molecule has 13 atom stereocenters. The molecule has 2 aromatic carbocycles. The second-order valence-corrected chi connectivity index (χ2v) is 28.3. The third-order valence-electron chi connectivity index (χ3n) is 19.0. The number of fused-ring (bicyclic) bond motifs is 2. The highest BCUT2D eigenvalue weighted by molar-refractivity contribution is 6.02. The molecule has 1 aliphatic heterocycles. The van der Waals surface area contributed by atoms with Gasteiger partial charge in [0.2, 0.25) is 82.7 Å². The van der Waals surface area contributed by atoms with Crippen LogP contribution in [0, 0.1) is 5.92 Å². The minimum absolute atomic E-state index is 0.00888. The SMILES string of the molecule is CCC(C)CCCCCCCCC(=O)NC(Cc1c[nH]c2ccccc12)C(=O)NC(CC(N)=O)C(=O)NC(CC(=O)O)C(=O)NC1C(=O)NCC(=O)NC(CCCN)C(=O)NC(CC(=O)O)C(=O)NC(CO)C(=O)NC(CC(=O)O)C(=O)NCC(=O)NC(CO)C(=O)NC(CCC(=O)O)C(=O)NC(Cc2c[nH]c3ccccc23)C(=O)OC1C. The number of benzene rings is 2. The van der Waals surface area contributed by atoms with E-state index in [1.165, 1.54) is 6.20 Å². The molecule has 1 aliphatic rings. The maximum Gasteiger partial charge on any atom is 0.329 e. The number of rotatable bonds is 37. The number of hydrogen-bond acceptors (Lipinski definition) is 23. The molecule has 5 rings (SSSR count). The number of hydrogen-bond donors (Lipinski definition) is 23. The zero-order valence-corrected chi connectivity index (χ0v) is 65.3. The van der Waals surface area contributed by atoms with Crippen LogP contribution >= 0.6 is 0 Å². The Morgan fingerprint density at radius 2 is 0.966 bits per heavy atom. The number of carboxylic acids is 4. The number of aliphatic hydroxyl groups is 2. The number of carboxylic acid groups (broad SMARTS) is 4. The second kappa shape index (κ2) is 48.6. The first-order chi connectivity index (χ1) is 56.0. The molecule has 3 heterocycles. The minimum atomic E-state index is -2.37. The van der Waals surface area contributed by atoms with Gasteiger partial charge in [0.15, 0.2) is 0 Å². The summed E-state index contributed by atoms with van der Waals surface area (Å²) in [6.07, 6.45) is 0.239. The molecular formula is C75H105N17O26. The second-order valence-electron chi connectivity index (χ2n) is 28.3. The lowest BCUT2D eigenvalue weighted by Gasteiger charge is -2.29. The number of carbonyl (C=O) groups excluding carboxylic acids is 15. The van der Waals surface area contributed by atoms with E-state index >= 15 is 0 Å². The smallest absolute Gasteiger partial charge is 0.329 e. The molecule has 25 N–H and O–H groups in total. The van der Waals surface area contributed by atoms with Crippen molar-refractivity contribution in [1.29, 1.82) is 0 Å². The molecule has 2 aromatic heterocycles. The first-order valence-electron chi connectivity index (χ1n) is 38.3. The number of unbranched alkanes of at least 4 members (excludes halogenated alkanes) is 5. The number of aromatic amines is 2. The fraction of sp³-hybridized carbons (Fsp3) is 0.533. The van der Waals surface area contributed by atoms with E-state index in [0.29, 0.717) is 46.1 Å². The van der Waals surface area contributed by atoms with Crippen LogP contribution in [-0.2, 0) is 109 Å². The van der Waals surface area contributed by atoms with Crippen molar-refractivity contribution in [3.63, 3.8) is 0 Å². The Balaban J connectivity index is 1.57. The maximum absolute atomic E-state index is 15.0. The number of aromatic nitrogens is 2. The highest BCUT2D eigenvalue weighted by atomic mass is 16.5. The van der Waals surface area contributed by atoms with Crippen LogP contribution in [0.3, 0.4) is 0 Å². The van der Waals surface area contributed by atoms with Crippen molar-refractivity contribution in [2.45, 2.75) is 215 Å². The number of ether oxygens (including phenoxy) is 1. The number of primary amides is 1. The number of cyclic esters (lactones) is 1. The molecule has 43 heteroatoms. The summed E-state index contributed by atoms with van der Waals surface area (Å²) in [6.45, 7) is 0.0746. The van der Waals surface area contributed by atoms with Gasteiger partial charge in [0, 0.05) is 59.9 Å². The molecule has 1 saturated heterocycles. The average molecular weight is 1660 g/mol. The molecule has 14 amide bonds. The van der Waals surface area contributed by atoms with E-state index in [1.807, 2.05) is 21.3 Å². The van der Waals surface area contributed by atoms with Crippen molar-refractivity contribution in [2.24, 2.45) is 17.4 Å². The number of esters is 1. The van der Waals surface area contributed by atoms with Crippen LogP contribution in [0.2, 0.25) is 0 Å². The summed E-state index contributed by atoms with van der Waals surface area (Å²) in [5.74, 6) is -26.3. The topological polar surface area (TPSA) is 695 Å². The Morgan fingerprint density at radius 1 is 0.500 bits per heavy atom. The lowest BCUT2D eigenvalue weighted by atomic mass is 9.99. The number of nitrogens with two attached hydrogens (primary N) is 2. The van der Waals surface area contributed by atoms with Crippen molar-refractivity contribution in [2.75, 3.05) is 32.8 Å². The molecule has 0 aliphatic carbocycles. The van der Waals surface area contributed by atoms with Crippen molar-refractivity contribution in [3.05, 3.63) is 72.1 Å². The Bertz CT molecular complexity index is 4240. The van der Waals surface area contributed by atoms with Crippen LogP contribution in [0.4, 0.5) is 0 Å². The number of carbonyl (C=O) groups is 19. The first-order valence-corrected chi connectivity index (χ1v) is 38.3. The molecule has 646 valence electrons. The van der Waals surface area contributed by atoms with Gasteiger partial charge in [-0.3, -0.25) is 86.3 Å². The number of H-pyrrole nitrogens is 2. The summed E-state index contributed by atoms with van der Waals surface area (Å²) in [5, 5.41) is 89.5. The zero-order chi connectivity index (χ0) is 87.3. The van der Waals surface area contributed by atoms with E-state index in [0.717, 1.165) is 45.4 Å². The summed E-state index contributed by atoms with van der Waals surface area (Å²) >= 11 is 0. The Hall–Kier alpha value is -12.7. The monoisotopic (exact) mass is 1660 g/mol. The molecule has 43 nitrogen and oxygen atoms in total. The number of aliphatic carboxylic acids is 4. The number of amides is 14. The largest absolute Gasteiger partial charge is 0.481 e. The highest BCUT2D eigenvalue weighted by Crippen LogP contribution is 2.23. The summed E-state index contributed by atoms with van der Waals surface area (Å²) in [5.41, 5.74) is 13.3. The van der Waals surface area contributed by atoms with Gasteiger partial charge in [-0.25, -0.2) is 4.79 Å². The summed E-state index contributed by atoms with van der Waals surface area (Å²) in [6, 6.07) is -9.16. The molecule has 0 spiro atoms. The number of aliphatic hydroxyl groups excluding tert-OH is 2. The fourth-order valence-electron chi connectivity index (χ4n) is 12.4. The molecule has 0 saturated carbocycles. The van der Waals surface area contributed by atoms with Crippen LogP contribution in [0.25, 0.3) is 21.8 Å². The Labute approximate surface area is 675 Å². The standard InChI is InChI=1S/C75H105N17O26/c1-4-38(2)16-9-7-5-6-8-10-22-57(96)83-48(26-40-32-78-44-19-13-11-17-42(40)44)68(110)86-49(28-56(77)95)69(111)89-52(31-63(105)106)71(113)92-64-39(3)118-75(117)53(27-41-33-79-45-20-14-12-18-43(41)45)90-67(109)47(23-24-60(99)100)85-72(114)54(36-93)84-59(98)34-80-65(107)50(29-61(101)102)87-73(115)55(37-94)91-70(112)51(30-62(103)104)88-66(108)46(21-15-25-76)82-58(97)35-81-74(64)116/h11-14,17-20,32-33,38-39,46-55,64,78-79,93-94H,4-10,15-16,21-31,34-37,76H2,1-3H3,(H2,77,95)(H,80,107)(H,81,116)(H,82,97)(H,83,96)(H,84,98)(H,85,114)(H,86,110)(H,87,115)(H,88,108)(H,89,111)(H,90,109)(H,91,112)(H,92,113)(H,99,100)(H,101,102)(H,103,104)(H,105,106). The van der Waals surface area contributed by atoms with Gasteiger partial charge in [0.05, 0.1) is 52.0 Å². The van der Waals surface area contributed by atoms with Crippen molar-refractivity contribution in [3.8, 4) is 0 Å². The van der Waals surface area contributed by atoms with Gasteiger partial charge in [-0.2, -0.15) is 0 Å². The molecule has 118 heavy (non-hydrogen) atoms. The Morgan fingerprint density at radius 3 is 1.52 bits per heavy atom. The molecule has 4 aromatic rings. The normalized spacial score (nSPS) is 21.1. The van der Waals surface area contributed by atoms with E-state index in [9.17, 15) is 122 Å². The van der Waals surface area contributed by atoms with E-state index in [2.05, 4.69) is 71.7 Å². The molecule has 0 radical (unpaired) electrons. The van der Waals surface area contributed by atoms with Gasteiger partial charge in [0.25, 0.3) is 0 Å². The maximum atomic E-state index is 15.0. The lowest BCUT2D eigenvalue weighted by molar-refractivity contribution is -0.156. The van der Waals surface area contributed by atoms with E-state index in [1.54, 1.807) is 54.7 Å². The Kier molecular flexibility index (Phi) is 39.5. The zero-order valence-electron chi connectivity index (χ0n) is 65.3. The van der Waals surface area contributed by atoms with Crippen LogP contribution in [0.5, 0.6) is 0 Å². The molecule has 13 unspecified atom stereocenters. The lowest BCUT2D eigenvalue weighted by Crippen LogP contribution is -2.61. The van der Waals surface area contributed by atoms with Crippen molar-refractivity contribution >= 4 is 134 Å². The van der Waals surface area contributed by atoms with Gasteiger partial charge < -0.3 is 126 Å². The van der Waals surface area contributed by atoms with E-state index < -0.39 is 263 Å². The number of nitrogens with one attached hydrogen (secondary N) is 15. The van der Waals surface area contributed by atoms with Crippen LogP contribution in [-0.4, -0.2) is 259 Å². The molecular weight excluding hydrogens is 1550 g/mol. The fourth-order valence-corrected chi connectivity index (χ4v) is 12.4. The van der Waals surface area contributed by atoms with Gasteiger partial charge >= 0.3 is 29.8 Å². The van der Waals surface area contributed by atoms with Gasteiger partial charge in [0.1, 0.15) is 72.6 Å². The van der Waals surface area contributed by atoms with Gasteiger partial charge in [-0.15, -0.1) is 0 Å². The summed E-state index contributed by atoms with van der Waals surface area (Å²) in [7, 11) is 0. The molecule has 1 fully saturated rings. The quantitative estimate of drug-likeness (QED) is 0.0148. The molecule has 0 bridgehead atoms. The first kappa shape index (κ1) is 95.9. The van der Waals surface area contributed by atoms with Gasteiger partial charge in [-0.1, -0.05) is 95.2 Å². The third-order valence-corrected chi connectivity index (χ3v) is 19.0. The van der Waals surface area contributed by atoms with Crippen molar-refractivity contribution in [1.82, 2.24) is 79.1 Å². The predicted octanol–water partition coefficient (Wildman–Crippen LogP) is -5.00. The minimum Gasteiger partial charge on any atom is -0.481 e. The van der Waals surface area contributed by atoms with E-state index in [-0.39, 0.29) is 31.4 Å². The highest BCUT2D eigenvalue weighted by Gasteiger charge is 2.40. The summed E-state index contributed by atoms with van der Waals surface area (Å²) in [4.78, 5) is 266. The predicted molar refractivity (Wildman–Crippen MR) is 413 cm³/mol. The summed E-state index contributed by atoms with van der Waals surface area (Å²) < 4.78 is 5.82. The van der Waals surface area contributed by atoms with Gasteiger partial charge in [-0.05, 0) is 68.3 Å². The third kappa shape index (κ3) is 32.2.